The van der Waals surface area contributed by atoms with Crippen molar-refractivity contribution in [2.24, 2.45) is 0 Å². The predicted molar refractivity (Wildman–Crippen MR) is 83.4 cm³/mol. The van der Waals surface area contributed by atoms with Gasteiger partial charge in [-0.25, -0.2) is 0 Å². The van der Waals surface area contributed by atoms with Crippen LogP contribution in [0.4, 0.5) is 11.4 Å². The maximum Gasteiger partial charge on any atom is 0.334 e. The first-order valence-corrected chi connectivity index (χ1v) is 7.19. The lowest BCUT2D eigenvalue weighted by Gasteiger charge is -2.25. The van der Waals surface area contributed by atoms with Crippen LogP contribution in [0.15, 0.2) is 18.2 Å². The molecule has 0 amide bonds. The summed E-state index contributed by atoms with van der Waals surface area (Å²) in [7, 11) is 0. The van der Waals surface area contributed by atoms with Gasteiger partial charge in [0.1, 0.15) is 5.69 Å². The summed E-state index contributed by atoms with van der Waals surface area (Å²) in [5.41, 5.74) is 7.63. The molecule has 6 heteroatoms. The van der Waals surface area contributed by atoms with Crippen molar-refractivity contribution in [3.05, 3.63) is 33.9 Å². The summed E-state index contributed by atoms with van der Waals surface area (Å²) in [6.45, 7) is 7.11. The van der Waals surface area contributed by atoms with E-state index in [9.17, 15) is 10.1 Å². The zero-order valence-corrected chi connectivity index (χ0v) is 12.5. The molecule has 0 saturated carbocycles. The van der Waals surface area contributed by atoms with E-state index in [1.807, 2.05) is 13.0 Å². The number of ether oxygens (including phenoxy) is 1. The Bertz CT molecular complexity index is 570. The highest BCUT2D eigenvalue weighted by Crippen LogP contribution is 2.41. The van der Waals surface area contributed by atoms with Crippen LogP contribution < -0.4 is 10.5 Å². The van der Waals surface area contributed by atoms with Crippen molar-refractivity contribution >= 4 is 16.9 Å². The fourth-order valence-corrected chi connectivity index (χ4v) is 2.56. The summed E-state index contributed by atoms with van der Waals surface area (Å²) in [6.07, 6.45) is 2.97. The number of nitrogens with zero attached hydrogens (tertiary/aromatic N) is 2. The molecule has 21 heavy (non-hydrogen) atoms. The fourth-order valence-electron chi connectivity index (χ4n) is 2.56. The van der Waals surface area contributed by atoms with Crippen molar-refractivity contribution in [3.8, 4) is 5.75 Å². The molecule has 0 aliphatic carbocycles. The lowest BCUT2D eigenvalue weighted by molar-refractivity contribution is -0.384. The number of nitro groups is 1. The highest BCUT2D eigenvalue weighted by Gasteiger charge is 2.25. The normalized spacial score (nSPS) is 15.6. The number of likely N-dealkylation sites (N-methyl/N-ethyl adjacent to an activating group) is 1. The van der Waals surface area contributed by atoms with E-state index in [2.05, 4.69) is 17.9 Å². The number of nitrogens with two attached hydrogens (primary N) is 1. The number of nitro benzene ring substituents is 1. The quantitative estimate of drug-likeness (QED) is 0.512. The minimum Gasteiger partial charge on any atom is -0.487 e. The van der Waals surface area contributed by atoms with E-state index in [4.69, 9.17) is 10.5 Å². The van der Waals surface area contributed by atoms with Crippen molar-refractivity contribution < 1.29 is 9.66 Å². The molecular weight excluding hydrogens is 270 g/mol. The largest absolute Gasteiger partial charge is 0.487 e. The van der Waals surface area contributed by atoms with E-state index in [0.717, 1.165) is 37.2 Å². The van der Waals surface area contributed by atoms with Gasteiger partial charge in [0, 0.05) is 18.7 Å². The van der Waals surface area contributed by atoms with Gasteiger partial charge in [-0.15, -0.1) is 0 Å². The fraction of sp³-hybridized carbons (Fsp3) is 0.467. The molecule has 0 aromatic heterocycles. The minimum atomic E-state index is -0.467. The number of nitrogen functional groups attached to an aromatic ring is 1. The summed E-state index contributed by atoms with van der Waals surface area (Å²) >= 11 is 0. The van der Waals surface area contributed by atoms with Gasteiger partial charge in [0.15, 0.2) is 0 Å². The third-order valence-corrected chi connectivity index (χ3v) is 3.72. The predicted octanol–water partition coefficient (Wildman–Crippen LogP) is 2.68. The second-order valence-corrected chi connectivity index (χ2v) is 4.94. The molecule has 0 unspecified atom stereocenters. The number of benzene rings is 1. The number of anilines is 1. The second-order valence-electron chi connectivity index (χ2n) is 4.94. The Morgan fingerprint density at radius 3 is 2.71 bits per heavy atom. The Hall–Kier alpha value is -2.08. The topological polar surface area (TPSA) is 81.6 Å². The van der Waals surface area contributed by atoms with Crippen molar-refractivity contribution in [3.63, 3.8) is 0 Å². The lowest BCUT2D eigenvalue weighted by atomic mass is 9.97. The van der Waals surface area contributed by atoms with Gasteiger partial charge in [0.05, 0.1) is 11.5 Å². The molecule has 1 aliphatic rings. The third kappa shape index (κ3) is 3.16. The molecule has 1 aromatic rings. The molecule has 0 atom stereocenters. The van der Waals surface area contributed by atoms with Crippen LogP contribution in [-0.2, 0) is 0 Å². The number of hydrogen-bond donors (Lipinski definition) is 1. The van der Waals surface area contributed by atoms with Gasteiger partial charge in [-0.1, -0.05) is 13.0 Å². The van der Waals surface area contributed by atoms with Crippen LogP contribution in [0.3, 0.4) is 0 Å². The standard InChI is InChI=1S/C15H21N3O3/c1-3-17-9-7-11(8-10-17)12-5-6-13(16)14(18(19)20)15(12)21-4-2/h5-7H,3-4,8-10,16H2,1-2H3. The van der Waals surface area contributed by atoms with Gasteiger partial charge in [-0.3, -0.25) is 15.0 Å². The summed E-state index contributed by atoms with van der Waals surface area (Å²) in [4.78, 5) is 13.1. The second kappa shape index (κ2) is 6.58. The van der Waals surface area contributed by atoms with Gasteiger partial charge >= 0.3 is 5.69 Å². The van der Waals surface area contributed by atoms with Crippen LogP contribution in [0.5, 0.6) is 5.75 Å². The maximum absolute atomic E-state index is 11.3. The van der Waals surface area contributed by atoms with Crippen LogP contribution in [0.1, 0.15) is 25.8 Å². The van der Waals surface area contributed by atoms with Gasteiger partial charge in [0.25, 0.3) is 0 Å². The Balaban J connectivity index is 2.46. The van der Waals surface area contributed by atoms with Crippen LogP contribution >= 0.6 is 0 Å². The molecule has 0 spiro atoms. The highest BCUT2D eigenvalue weighted by atomic mass is 16.6. The molecule has 0 radical (unpaired) electrons. The highest BCUT2D eigenvalue weighted by molar-refractivity contribution is 5.80. The molecule has 0 fully saturated rings. The Kier molecular flexibility index (Phi) is 4.80. The van der Waals surface area contributed by atoms with Gasteiger partial charge in [-0.05, 0) is 37.6 Å². The maximum atomic E-state index is 11.3. The van der Waals surface area contributed by atoms with Crippen LogP contribution in [0, 0.1) is 10.1 Å². The Morgan fingerprint density at radius 1 is 1.43 bits per heavy atom. The molecule has 1 aromatic carbocycles. The van der Waals surface area contributed by atoms with E-state index in [0.29, 0.717) is 12.4 Å². The molecule has 1 heterocycles. The molecule has 1 aliphatic heterocycles. The van der Waals surface area contributed by atoms with E-state index in [-0.39, 0.29) is 11.4 Å². The van der Waals surface area contributed by atoms with Gasteiger partial charge in [0.2, 0.25) is 5.75 Å². The molecule has 2 N–H and O–H groups in total. The third-order valence-electron chi connectivity index (χ3n) is 3.72. The Morgan fingerprint density at radius 2 is 2.19 bits per heavy atom. The monoisotopic (exact) mass is 291 g/mol. The molecule has 2 rings (SSSR count). The van der Waals surface area contributed by atoms with Crippen LogP contribution in [0.25, 0.3) is 5.57 Å². The van der Waals surface area contributed by atoms with Crippen molar-refractivity contribution in [1.82, 2.24) is 4.90 Å². The van der Waals surface area contributed by atoms with Crippen molar-refractivity contribution in [2.75, 3.05) is 32.0 Å². The average Bonchev–Trinajstić information content (AvgIpc) is 2.48. The zero-order valence-electron chi connectivity index (χ0n) is 12.5. The molecule has 6 nitrogen and oxygen atoms in total. The SMILES string of the molecule is CCOc1c(C2=CCN(CC)CC2)ccc(N)c1[N+](=O)[O-]. The van der Waals surface area contributed by atoms with Crippen molar-refractivity contribution in [2.45, 2.75) is 20.3 Å². The van der Waals surface area contributed by atoms with E-state index in [1.165, 1.54) is 0 Å². The first-order valence-electron chi connectivity index (χ1n) is 7.19. The Labute approximate surface area is 124 Å². The first kappa shape index (κ1) is 15.3. The van der Waals surface area contributed by atoms with Crippen molar-refractivity contribution in [1.29, 1.82) is 0 Å². The summed E-state index contributed by atoms with van der Waals surface area (Å²) in [5, 5.41) is 11.3. The van der Waals surface area contributed by atoms with Gasteiger partial charge in [-0.2, -0.15) is 0 Å². The molecular formula is C15H21N3O3. The smallest absolute Gasteiger partial charge is 0.334 e. The van der Waals surface area contributed by atoms with Crippen LogP contribution in [-0.4, -0.2) is 36.1 Å². The first-order chi connectivity index (χ1) is 10.1. The molecule has 114 valence electrons. The van der Waals surface area contributed by atoms with Gasteiger partial charge < -0.3 is 10.5 Å². The van der Waals surface area contributed by atoms with E-state index < -0.39 is 4.92 Å². The number of hydrogen-bond acceptors (Lipinski definition) is 5. The summed E-state index contributed by atoms with van der Waals surface area (Å²) in [5.74, 6) is 0.290. The van der Waals surface area contributed by atoms with E-state index >= 15 is 0 Å². The molecule has 0 bridgehead atoms. The van der Waals surface area contributed by atoms with E-state index in [1.54, 1.807) is 6.07 Å². The summed E-state index contributed by atoms with van der Waals surface area (Å²) < 4.78 is 5.54. The molecule has 0 saturated heterocycles. The lowest BCUT2D eigenvalue weighted by Crippen LogP contribution is -2.28. The summed E-state index contributed by atoms with van der Waals surface area (Å²) in [6, 6.07) is 3.41. The van der Waals surface area contributed by atoms with Crippen LogP contribution in [0.2, 0.25) is 0 Å². The number of rotatable bonds is 5. The zero-order chi connectivity index (χ0) is 15.4. The average molecular weight is 291 g/mol. The minimum absolute atomic E-state index is 0.131.